The normalized spacial score (nSPS) is 15.7. The summed E-state index contributed by atoms with van der Waals surface area (Å²) in [7, 11) is 0. The summed E-state index contributed by atoms with van der Waals surface area (Å²) in [6.07, 6.45) is 0. The fraction of sp³-hybridized carbons (Fsp3) is 0.111. The third-order valence-electron chi connectivity index (χ3n) is 1.99. The molecule has 78 valence electrons. The summed E-state index contributed by atoms with van der Waals surface area (Å²) in [5, 5.41) is 2.48. The highest BCUT2D eigenvalue weighted by Gasteiger charge is 2.31. The van der Waals surface area contributed by atoms with E-state index in [2.05, 4.69) is 43.8 Å². The second-order valence-electron chi connectivity index (χ2n) is 2.98. The number of rotatable bonds is 1. The Kier molecular flexibility index (Phi) is 2.96. The van der Waals surface area contributed by atoms with E-state index in [9.17, 15) is 9.59 Å². The van der Waals surface area contributed by atoms with Crippen molar-refractivity contribution in [1.29, 1.82) is 0 Å². The first-order chi connectivity index (χ1) is 7.09. The predicted octanol–water partition coefficient (Wildman–Crippen LogP) is 2.11. The molecule has 0 spiro atoms. The highest BCUT2D eigenvalue weighted by Crippen LogP contribution is 2.29. The second-order valence-corrected chi connectivity index (χ2v) is 5.08. The number of carbonyl (C=O) groups excluding carboxylic acids is 2. The SMILES string of the molecule is O=C1CNC(=O)N1c1cc(I)ccc1Br. The molecule has 15 heavy (non-hydrogen) atoms. The average Bonchev–Trinajstić information content (AvgIpc) is 2.51. The molecule has 0 saturated carbocycles. The van der Waals surface area contributed by atoms with Crippen molar-refractivity contribution < 1.29 is 9.59 Å². The van der Waals surface area contributed by atoms with E-state index in [1.165, 1.54) is 0 Å². The molecule has 1 N–H and O–H groups in total. The molecule has 4 nitrogen and oxygen atoms in total. The van der Waals surface area contributed by atoms with Gasteiger partial charge < -0.3 is 5.32 Å². The molecule has 0 atom stereocenters. The lowest BCUT2D eigenvalue weighted by atomic mass is 10.3. The Morgan fingerprint density at radius 2 is 2.13 bits per heavy atom. The molecule has 1 aromatic rings. The predicted molar refractivity (Wildman–Crippen MR) is 67.7 cm³/mol. The zero-order valence-electron chi connectivity index (χ0n) is 7.46. The molecule has 1 aliphatic rings. The number of benzene rings is 1. The lowest BCUT2D eigenvalue weighted by molar-refractivity contribution is -0.115. The molecule has 0 aliphatic carbocycles. The standard InChI is InChI=1S/C9H6BrIN2O2/c10-6-2-1-5(11)3-7(6)13-8(14)4-12-9(13)15/h1-3H,4H2,(H,12,15). The Bertz CT molecular complexity index is 434. The molecule has 3 amide bonds. The van der Waals surface area contributed by atoms with Gasteiger partial charge in [-0.1, -0.05) is 0 Å². The topological polar surface area (TPSA) is 49.4 Å². The van der Waals surface area contributed by atoms with Crippen LogP contribution in [0.15, 0.2) is 22.7 Å². The van der Waals surface area contributed by atoms with Gasteiger partial charge in [-0.25, -0.2) is 9.69 Å². The molecule has 0 radical (unpaired) electrons. The molecule has 0 unspecified atom stereocenters. The molecular formula is C9H6BrIN2O2. The molecule has 0 bridgehead atoms. The van der Waals surface area contributed by atoms with E-state index >= 15 is 0 Å². The maximum absolute atomic E-state index is 11.5. The first-order valence-corrected chi connectivity index (χ1v) is 6.02. The van der Waals surface area contributed by atoms with Crippen LogP contribution in [0.3, 0.4) is 0 Å². The molecule has 1 fully saturated rings. The number of hydrogen-bond donors (Lipinski definition) is 1. The average molecular weight is 381 g/mol. The van der Waals surface area contributed by atoms with Crippen molar-refractivity contribution in [3.63, 3.8) is 0 Å². The van der Waals surface area contributed by atoms with E-state index < -0.39 is 0 Å². The van der Waals surface area contributed by atoms with E-state index in [1.54, 1.807) is 6.07 Å². The van der Waals surface area contributed by atoms with Gasteiger partial charge in [-0.3, -0.25) is 4.79 Å². The van der Waals surface area contributed by atoms with Crippen LogP contribution < -0.4 is 10.2 Å². The van der Waals surface area contributed by atoms with Crippen molar-refractivity contribution in [1.82, 2.24) is 5.32 Å². The fourth-order valence-corrected chi connectivity index (χ4v) is 2.22. The number of anilines is 1. The Hall–Kier alpha value is -0.630. The number of hydrogen-bond acceptors (Lipinski definition) is 2. The Morgan fingerprint density at radius 3 is 2.73 bits per heavy atom. The van der Waals surface area contributed by atoms with Crippen LogP contribution in [0.1, 0.15) is 0 Å². The Balaban J connectivity index is 2.48. The van der Waals surface area contributed by atoms with Gasteiger partial charge in [0.25, 0.3) is 5.91 Å². The van der Waals surface area contributed by atoms with E-state index in [0.717, 1.165) is 12.9 Å². The smallest absolute Gasteiger partial charge is 0.328 e. The summed E-state index contributed by atoms with van der Waals surface area (Å²) in [5.74, 6) is -0.234. The molecule has 1 aromatic carbocycles. The van der Waals surface area contributed by atoms with Crippen molar-refractivity contribution in [3.8, 4) is 0 Å². The summed E-state index contributed by atoms with van der Waals surface area (Å²) >= 11 is 5.45. The number of nitrogens with one attached hydrogen (secondary N) is 1. The van der Waals surface area contributed by atoms with Crippen molar-refractivity contribution in [2.24, 2.45) is 0 Å². The van der Waals surface area contributed by atoms with Gasteiger partial charge in [0, 0.05) is 8.04 Å². The highest BCUT2D eigenvalue weighted by atomic mass is 127. The highest BCUT2D eigenvalue weighted by molar-refractivity contribution is 14.1. The van der Waals surface area contributed by atoms with Crippen LogP contribution in [0.25, 0.3) is 0 Å². The van der Waals surface area contributed by atoms with Crippen LogP contribution in [0.2, 0.25) is 0 Å². The minimum Gasteiger partial charge on any atom is -0.328 e. The van der Waals surface area contributed by atoms with Crippen LogP contribution >= 0.6 is 38.5 Å². The molecule has 2 rings (SSSR count). The van der Waals surface area contributed by atoms with E-state index in [4.69, 9.17) is 0 Å². The Labute approximate surface area is 108 Å². The van der Waals surface area contributed by atoms with Gasteiger partial charge in [0.1, 0.15) is 0 Å². The maximum Gasteiger partial charge on any atom is 0.329 e. The third-order valence-corrected chi connectivity index (χ3v) is 3.33. The van der Waals surface area contributed by atoms with Gasteiger partial charge in [0.15, 0.2) is 0 Å². The largest absolute Gasteiger partial charge is 0.329 e. The quantitative estimate of drug-likeness (QED) is 0.599. The molecule has 1 aliphatic heterocycles. The fourth-order valence-electron chi connectivity index (χ4n) is 1.32. The van der Waals surface area contributed by atoms with Crippen LogP contribution in [0, 0.1) is 3.57 Å². The number of urea groups is 1. The van der Waals surface area contributed by atoms with Crippen molar-refractivity contribution in [2.75, 3.05) is 11.4 Å². The number of halogens is 2. The molecule has 6 heteroatoms. The van der Waals surface area contributed by atoms with Crippen LogP contribution in [-0.2, 0) is 4.79 Å². The number of carbonyl (C=O) groups is 2. The zero-order chi connectivity index (χ0) is 11.0. The van der Waals surface area contributed by atoms with E-state index in [0.29, 0.717) is 5.69 Å². The summed E-state index contributed by atoms with van der Waals surface area (Å²) < 4.78 is 1.70. The molecular weight excluding hydrogens is 375 g/mol. The van der Waals surface area contributed by atoms with Gasteiger partial charge in [0.2, 0.25) is 0 Å². The van der Waals surface area contributed by atoms with Crippen molar-refractivity contribution >= 4 is 56.1 Å². The molecule has 0 aromatic heterocycles. The number of imide groups is 1. The van der Waals surface area contributed by atoms with Gasteiger partial charge in [-0.05, 0) is 56.7 Å². The van der Waals surface area contributed by atoms with Crippen molar-refractivity contribution in [3.05, 3.63) is 26.2 Å². The lowest BCUT2D eigenvalue weighted by Gasteiger charge is -2.14. The van der Waals surface area contributed by atoms with Crippen LogP contribution in [0.4, 0.5) is 10.5 Å². The van der Waals surface area contributed by atoms with Crippen LogP contribution in [0.5, 0.6) is 0 Å². The van der Waals surface area contributed by atoms with E-state index in [-0.39, 0.29) is 18.5 Å². The zero-order valence-corrected chi connectivity index (χ0v) is 11.2. The first kappa shape index (κ1) is 10.9. The first-order valence-electron chi connectivity index (χ1n) is 4.15. The molecule has 1 heterocycles. The minimum atomic E-state index is -0.372. The maximum atomic E-state index is 11.5. The molecule has 1 saturated heterocycles. The summed E-state index contributed by atoms with van der Waals surface area (Å²) in [6, 6.07) is 5.12. The number of nitrogens with zero attached hydrogens (tertiary/aromatic N) is 1. The number of amides is 3. The van der Waals surface area contributed by atoms with E-state index in [1.807, 2.05) is 12.1 Å². The summed E-state index contributed by atoms with van der Waals surface area (Å²) in [6.45, 7) is 0.0662. The monoisotopic (exact) mass is 380 g/mol. The second kappa shape index (κ2) is 4.09. The minimum absolute atomic E-state index is 0.0662. The van der Waals surface area contributed by atoms with Gasteiger partial charge in [-0.15, -0.1) is 0 Å². The summed E-state index contributed by atoms with van der Waals surface area (Å²) in [4.78, 5) is 24.0. The van der Waals surface area contributed by atoms with Crippen LogP contribution in [-0.4, -0.2) is 18.5 Å². The van der Waals surface area contributed by atoms with Gasteiger partial charge in [-0.2, -0.15) is 0 Å². The summed E-state index contributed by atoms with van der Waals surface area (Å²) in [5.41, 5.74) is 0.585. The van der Waals surface area contributed by atoms with Crippen molar-refractivity contribution in [2.45, 2.75) is 0 Å². The Morgan fingerprint density at radius 1 is 1.40 bits per heavy atom. The van der Waals surface area contributed by atoms with Gasteiger partial charge in [0.05, 0.1) is 12.2 Å². The van der Waals surface area contributed by atoms with Gasteiger partial charge >= 0.3 is 6.03 Å². The lowest BCUT2D eigenvalue weighted by Crippen LogP contribution is -2.31. The third kappa shape index (κ3) is 2.00.